The fourth-order valence-corrected chi connectivity index (χ4v) is 2.30. The van der Waals surface area contributed by atoms with Crippen LogP contribution in [-0.4, -0.2) is 11.3 Å². The van der Waals surface area contributed by atoms with Crippen molar-refractivity contribution in [1.82, 2.24) is 5.43 Å². The number of hydrogen-bond donors (Lipinski definition) is 2. The normalized spacial score (nSPS) is 10.6. The van der Waals surface area contributed by atoms with Crippen molar-refractivity contribution in [2.45, 2.75) is 6.92 Å². The molecule has 2 aromatic rings. The number of para-hydroxylation sites is 1. The van der Waals surface area contributed by atoms with E-state index < -0.39 is 0 Å². The lowest BCUT2D eigenvalue weighted by Gasteiger charge is -2.07. The van der Waals surface area contributed by atoms with Gasteiger partial charge in [0.1, 0.15) is 5.82 Å². The molecule has 6 heteroatoms. The summed E-state index contributed by atoms with van der Waals surface area (Å²) in [5, 5.41) is 6.97. The van der Waals surface area contributed by atoms with Crippen molar-refractivity contribution >= 4 is 40.6 Å². The first-order valence-electron chi connectivity index (χ1n) is 5.56. The zero-order valence-electron chi connectivity index (χ0n) is 10.2. The van der Waals surface area contributed by atoms with Gasteiger partial charge in [-0.25, -0.2) is 4.39 Å². The minimum Gasteiger partial charge on any atom is -0.329 e. The summed E-state index contributed by atoms with van der Waals surface area (Å²) in [6.07, 6.45) is 1.67. The lowest BCUT2D eigenvalue weighted by molar-refractivity contribution is 0.632. The van der Waals surface area contributed by atoms with Crippen molar-refractivity contribution in [3.05, 3.63) is 52.0 Å². The van der Waals surface area contributed by atoms with Crippen LogP contribution in [0.1, 0.15) is 9.75 Å². The summed E-state index contributed by atoms with van der Waals surface area (Å²) in [6.45, 7) is 2.03. The summed E-state index contributed by atoms with van der Waals surface area (Å²) < 4.78 is 13.4. The topological polar surface area (TPSA) is 36.4 Å². The van der Waals surface area contributed by atoms with Crippen LogP contribution < -0.4 is 10.7 Å². The van der Waals surface area contributed by atoms with Gasteiger partial charge in [0.25, 0.3) is 0 Å². The largest absolute Gasteiger partial charge is 0.329 e. The van der Waals surface area contributed by atoms with E-state index in [1.165, 1.54) is 10.9 Å². The van der Waals surface area contributed by atoms with Crippen LogP contribution >= 0.6 is 23.6 Å². The van der Waals surface area contributed by atoms with Crippen LogP contribution in [0.2, 0.25) is 0 Å². The Morgan fingerprint density at radius 3 is 2.79 bits per heavy atom. The lowest BCUT2D eigenvalue weighted by Crippen LogP contribution is -2.24. The van der Waals surface area contributed by atoms with Crippen molar-refractivity contribution in [2.24, 2.45) is 5.10 Å². The van der Waals surface area contributed by atoms with Crippen molar-refractivity contribution < 1.29 is 4.39 Å². The quantitative estimate of drug-likeness (QED) is 0.516. The third-order valence-corrected chi connectivity index (χ3v) is 3.37. The van der Waals surface area contributed by atoms with Gasteiger partial charge in [-0.3, -0.25) is 5.43 Å². The van der Waals surface area contributed by atoms with Crippen LogP contribution in [0.3, 0.4) is 0 Å². The Kier molecular flexibility index (Phi) is 4.59. The van der Waals surface area contributed by atoms with Gasteiger partial charge in [0.05, 0.1) is 11.9 Å². The number of halogens is 1. The summed E-state index contributed by atoms with van der Waals surface area (Å²) in [6, 6.07) is 10.3. The Morgan fingerprint density at radius 2 is 2.11 bits per heavy atom. The van der Waals surface area contributed by atoms with E-state index in [1.807, 2.05) is 19.1 Å². The summed E-state index contributed by atoms with van der Waals surface area (Å²) >= 11 is 6.65. The highest BCUT2D eigenvalue weighted by molar-refractivity contribution is 7.80. The Bertz CT molecular complexity index is 607. The van der Waals surface area contributed by atoms with Crippen LogP contribution in [0.4, 0.5) is 10.1 Å². The monoisotopic (exact) mass is 293 g/mol. The highest BCUT2D eigenvalue weighted by Crippen LogP contribution is 2.13. The van der Waals surface area contributed by atoms with Crippen molar-refractivity contribution in [3.63, 3.8) is 0 Å². The summed E-state index contributed by atoms with van der Waals surface area (Å²) in [5.74, 6) is -0.357. The maximum Gasteiger partial charge on any atom is 0.191 e. The summed E-state index contributed by atoms with van der Waals surface area (Å²) in [4.78, 5) is 2.24. The first-order chi connectivity index (χ1) is 9.15. The average molecular weight is 293 g/mol. The molecule has 0 atom stereocenters. The second-order valence-corrected chi connectivity index (χ2v) is 5.48. The zero-order chi connectivity index (χ0) is 13.7. The van der Waals surface area contributed by atoms with E-state index in [-0.39, 0.29) is 10.9 Å². The number of benzene rings is 1. The molecule has 1 aromatic heterocycles. The fraction of sp³-hybridized carbons (Fsp3) is 0.0769. The van der Waals surface area contributed by atoms with Crippen LogP contribution in [0, 0.1) is 12.7 Å². The van der Waals surface area contributed by atoms with Gasteiger partial charge in [0.15, 0.2) is 5.11 Å². The molecule has 98 valence electrons. The number of hydrazone groups is 1. The Labute approximate surface area is 120 Å². The summed E-state index contributed by atoms with van der Waals surface area (Å²) in [5.41, 5.74) is 2.97. The highest BCUT2D eigenvalue weighted by Gasteiger charge is 2.01. The predicted molar refractivity (Wildman–Crippen MR) is 82.4 cm³/mol. The molecule has 0 saturated heterocycles. The Hall–Kier alpha value is -1.79. The molecule has 0 aliphatic rings. The maximum absolute atomic E-state index is 13.4. The molecule has 1 aromatic carbocycles. The molecule has 0 radical (unpaired) electrons. The number of nitrogens with zero attached hydrogens (tertiary/aromatic N) is 1. The maximum atomic E-state index is 13.4. The molecule has 0 aliphatic carbocycles. The number of thiophene rings is 1. The highest BCUT2D eigenvalue weighted by atomic mass is 32.1. The van der Waals surface area contributed by atoms with Crippen molar-refractivity contribution in [3.8, 4) is 0 Å². The molecule has 1 heterocycles. The van der Waals surface area contributed by atoms with Crippen LogP contribution in [0.5, 0.6) is 0 Å². The first kappa shape index (κ1) is 13.6. The third-order valence-electron chi connectivity index (χ3n) is 2.24. The van der Waals surface area contributed by atoms with Gasteiger partial charge in [-0.05, 0) is 43.4 Å². The lowest BCUT2D eigenvalue weighted by atomic mass is 10.3. The molecular weight excluding hydrogens is 281 g/mol. The second kappa shape index (κ2) is 6.40. The molecule has 19 heavy (non-hydrogen) atoms. The van der Waals surface area contributed by atoms with Gasteiger partial charge in [0, 0.05) is 9.75 Å². The fourth-order valence-electron chi connectivity index (χ4n) is 1.39. The van der Waals surface area contributed by atoms with E-state index in [2.05, 4.69) is 15.8 Å². The number of hydrogen-bond acceptors (Lipinski definition) is 3. The minimum atomic E-state index is -0.357. The molecular formula is C13H12FN3S2. The van der Waals surface area contributed by atoms with E-state index in [0.29, 0.717) is 5.69 Å². The van der Waals surface area contributed by atoms with Crippen molar-refractivity contribution in [2.75, 3.05) is 5.32 Å². The molecule has 0 spiro atoms. The standard InChI is InChI=1S/C13H12FN3S2/c1-9-6-7-10(19-9)8-15-17-13(18)16-12-5-3-2-4-11(12)14/h2-8H,1H3,(H2,16,17,18)/b15-8+. The van der Waals surface area contributed by atoms with Gasteiger partial charge >= 0.3 is 0 Å². The molecule has 0 bridgehead atoms. The second-order valence-electron chi connectivity index (χ2n) is 3.75. The molecule has 0 unspecified atom stereocenters. The van der Waals surface area contributed by atoms with Crippen LogP contribution in [0.25, 0.3) is 0 Å². The number of anilines is 1. The number of nitrogens with one attached hydrogen (secondary N) is 2. The Morgan fingerprint density at radius 1 is 1.32 bits per heavy atom. The van der Waals surface area contributed by atoms with E-state index in [4.69, 9.17) is 12.2 Å². The van der Waals surface area contributed by atoms with Gasteiger partial charge in [-0.1, -0.05) is 12.1 Å². The van der Waals surface area contributed by atoms with E-state index in [9.17, 15) is 4.39 Å². The molecule has 3 nitrogen and oxygen atoms in total. The molecule has 0 aliphatic heterocycles. The number of aryl methyl sites for hydroxylation is 1. The zero-order valence-corrected chi connectivity index (χ0v) is 11.8. The third kappa shape index (κ3) is 4.11. The van der Waals surface area contributed by atoms with Crippen LogP contribution in [-0.2, 0) is 0 Å². The van der Waals surface area contributed by atoms with Crippen molar-refractivity contribution in [1.29, 1.82) is 0 Å². The molecule has 0 amide bonds. The molecule has 2 N–H and O–H groups in total. The molecule has 0 saturated carbocycles. The van der Waals surface area contributed by atoms with Gasteiger partial charge in [0.2, 0.25) is 0 Å². The summed E-state index contributed by atoms with van der Waals surface area (Å²) in [7, 11) is 0. The van der Waals surface area contributed by atoms with Crippen LogP contribution in [0.15, 0.2) is 41.5 Å². The van der Waals surface area contributed by atoms with E-state index >= 15 is 0 Å². The van der Waals surface area contributed by atoms with Gasteiger partial charge in [-0.15, -0.1) is 11.3 Å². The SMILES string of the molecule is Cc1ccc(/C=N/NC(=S)Nc2ccccc2F)s1. The number of thiocarbonyl (C=S) groups is 1. The molecule has 2 rings (SSSR count). The predicted octanol–water partition coefficient (Wildman–Crippen LogP) is 3.52. The molecule has 0 fully saturated rings. The first-order valence-corrected chi connectivity index (χ1v) is 6.78. The average Bonchev–Trinajstić information content (AvgIpc) is 2.78. The smallest absolute Gasteiger partial charge is 0.191 e. The Balaban J connectivity index is 1.88. The number of rotatable bonds is 3. The van der Waals surface area contributed by atoms with E-state index in [1.54, 1.807) is 35.8 Å². The van der Waals surface area contributed by atoms with E-state index in [0.717, 1.165) is 4.88 Å². The van der Waals surface area contributed by atoms with Gasteiger partial charge in [-0.2, -0.15) is 5.10 Å². The minimum absolute atomic E-state index is 0.245. The van der Waals surface area contributed by atoms with Gasteiger partial charge < -0.3 is 5.32 Å².